The monoisotopic (exact) mass is 421 g/mol. The molecule has 1 aromatic carbocycles. The zero-order valence-corrected chi connectivity index (χ0v) is 17.6. The molecule has 0 saturated carbocycles. The summed E-state index contributed by atoms with van der Waals surface area (Å²) in [5.74, 6) is 0.718. The number of H-pyrrole nitrogens is 1. The van der Waals surface area contributed by atoms with E-state index in [1.807, 2.05) is 24.3 Å². The van der Waals surface area contributed by atoms with Gasteiger partial charge in [-0.15, -0.1) is 0 Å². The van der Waals surface area contributed by atoms with Gasteiger partial charge in [0.15, 0.2) is 0 Å². The first-order valence-corrected chi connectivity index (χ1v) is 11.6. The highest BCUT2D eigenvalue weighted by atomic mass is 32.2. The Morgan fingerprint density at radius 2 is 2.14 bits per heavy atom. The van der Waals surface area contributed by atoms with Crippen molar-refractivity contribution >= 4 is 26.8 Å². The van der Waals surface area contributed by atoms with E-state index in [-0.39, 0.29) is 23.6 Å². The molecule has 0 unspecified atom stereocenters. The van der Waals surface area contributed by atoms with Crippen molar-refractivity contribution in [2.24, 2.45) is 5.92 Å². The van der Waals surface area contributed by atoms with E-state index < -0.39 is 10.0 Å². The number of ether oxygens (including phenoxy) is 2. The zero-order valence-electron chi connectivity index (χ0n) is 16.8. The third kappa shape index (κ3) is 3.86. The molecule has 2 aliphatic rings. The number of sulfonamides is 1. The fraction of sp³-hybridized carbons (Fsp3) is 0.550. The van der Waals surface area contributed by atoms with Crippen LogP contribution in [0.2, 0.25) is 0 Å². The van der Waals surface area contributed by atoms with Crippen LogP contribution in [0.3, 0.4) is 0 Å². The van der Waals surface area contributed by atoms with E-state index in [4.69, 9.17) is 9.47 Å². The number of carbonyl (C=O) groups is 1. The summed E-state index contributed by atoms with van der Waals surface area (Å²) in [4.78, 5) is 18.1. The van der Waals surface area contributed by atoms with Gasteiger partial charge >= 0.3 is 0 Å². The minimum atomic E-state index is -3.30. The lowest BCUT2D eigenvalue weighted by molar-refractivity contribution is 0.0463. The van der Waals surface area contributed by atoms with E-state index in [0.717, 1.165) is 16.7 Å². The highest BCUT2D eigenvalue weighted by molar-refractivity contribution is 7.89. The summed E-state index contributed by atoms with van der Waals surface area (Å²) in [6, 6.07) is 7.36. The number of carbonyl (C=O) groups excluding carboxylic acids is 1. The minimum absolute atomic E-state index is 0.0269. The van der Waals surface area contributed by atoms with Gasteiger partial charge in [-0.1, -0.05) is 0 Å². The number of amides is 1. The zero-order chi connectivity index (χ0) is 20.6. The van der Waals surface area contributed by atoms with Crippen molar-refractivity contribution in [3.05, 3.63) is 30.0 Å². The molecule has 2 fully saturated rings. The second kappa shape index (κ2) is 7.97. The smallest absolute Gasteiger partial charge is 0.270 e. The van der Waals surface area contributed by atoms with Gasteiger partial charge in [-0.3, -0.25) is 4.79 Å². The molecule has 4 rings (SSSR count). The van der Waals surface area contributed by atoms with Crippen molar-refractivity contribution in [2.75, 3.05) is 45.7 Å². The number of methoxy groups -OCH3 is 1. The van der Waals surface area contributed by atoms with Gasteiger partial charge in [-0.05, 0) is 37.6 Å². The number of nitrogens with one attached hydrogen (secondary N) is 1. The average molecular weight is 422 g/mol. The van der Waals surface area contributed by atoms with Gasteiger partial charge in [0.05, 0.1) is 26.1 Å². The molecule has 0 spiro atoms. The molecule has 0 aliphatic carbocycles. The summed E-state index contributed by atoms with van der Waals surface area (Å²) < 4.78 is 37.6. The van der Waals surface area contributed by atoms with Crippen LogP contribution < -0.4 is 4.74 Å². The Labute approximate surface area is 170 Å². The van der Waals surface area contributed by atoms with Crippen molar-refractivity contribution in [1.29, 1.82) is 0 Å². The maximum absolute atomic E-state index is 13.1. The molecular formula is C20H27N3O5S. The number of rotatable bonds is 4. The van der Waals surface area contributed by atoms with Gasteiger partial charge in [0.2, 0.25) is 10.0 Å². The summed E-state index contributed by atoms with van der Waals surface area (Å²) in [5, 5.41) is 0.917. The summed E-state index contributed by atoms with van der Waals surface area (Å²) in [6.07, 6.45) is 0.618. The fourth-order valence-electron chi connectivity index (χ4n) is 4.34. The lowest BCUT2D eigenvalue weighted by Crippen LogP contribution is -2.54. The molecule has 0 radical (unpaired) electrons. The summed E-state index contributed by atoms with van der Waals surface area (Å²) >= 11 is 0. The molecule has 8 nitrogen and oxygen atoms in total. The van der Waals surface area contributed by atoms with E-state index in [0.29, 0.717) is 45.0 Å². The normalized spacial score (nSPS) is 23.6. The van der Waals surface area contributed by atoms with Crippen molar-refractivity contribution in [3.63, 3.8) is 0 Å². The summed E-state index contributed by atoms with van der Waals surface area (Å²) in [7, 11) is -1.68. The first-order valence-electron chi connectivity index (χ1n) is 9.96. The standard InChI is InChI=1S/C20H27N3O5S/c1-3-29(25,26)23-8-9-28-13-15-12-22(7-6-19(15)23)20(24)18-11-14-10-16(27-2)4-5-17(14)21-18/h4-5,10-11,15,19,21H,3,6-9,12-13H2,1-2H3/t15-,19-/m1/s1. The third-order valence-electron chi connectivity index (χ3n) is 5.92. The molecule has 2 atom stereocenters. The van der Waals surface area contributed by atoms with Crippen LogP contribution in [-0.2, 0) is 14.8 Å². The molecule has 2 aromatic rings. The number of benzene rings is 1. The van der Waals surface area contributed by atoms with E-state index >= 15 is 0 Å². The van der Waals surface area contributed by atoms with Crippen LogP contribution in [0.15, 0.2) is 24.3 Å². The van der Waals surface area contributed by atoms with Crippen molar-refractivity contribution < 1.29 is 22.7 Å². The average Bonchev–Trinajstić information content (AvgIpc) is 3.04. The Morgan fingerprint density at radius 3 is 2.90 bits per heavy atom. The number of fused-ring (bicyclic) bond motifs is 2. The quantitative estimate of drug-likeness (QED) is 0.811. The Balaban J connectivity index is 1.53. The molecule has 2 saturated heterocycles. The fourth-order valence-corrected chi connectivity index (χ4v) is 5.71. The number of nitrogens with zero attached hydrogens (tertiary/aromatic N) is 2. The van der Waals surface area contributed by atoms with E-state index in [1.54, 1.807) is 23.2 Å². The largest absolute Gasteiger partial charge is 0.497 e. The molecule has 158 valence electrons. The van der Waals surface area contributed by atoms with E-state index in [1.165, 1.54) is 0 Å². The molecule has 3 heterocycles. The molecule has 1 N–H and O–H groups in total. The topological polar surface area (TPSA) is 91.9 Å². The Hall–Kier alpha value is -2.10. The lowest BCUT2D eigenvalue weighted by atomic mass is 9.92. The van der Waals surface area contributed by atoms with Crippen molar-refractivity contribution in [1.82, 2.24) is 14.2 Å². The number of hydrogen-bond donors (Lipinski definition) is 1. The second-order valence-corrected chi connectivity index (χ2v) is 9.80. The number of likely N-dealkylation sites (tertiary alicyclic amines) is 1. The van der Waals surface area contributed by atoms with E-state index in [9.17, 15) is 13.2 Å². The predicted molar refractivity (Wildman–Crippen MR) is 110 cm³/mol. The van der Waals surface area contributed by atoms with Gasteiger partial charge < -0.3 is 19.4 Å². The molecule has 1 aromatic heterocycles. The third-order valence-corrected chi connectivity index (χ3v) is 7.82. The second-order valence-electron chi connectivity index (χ2n) is 7.59. The van der Waals surface area contributed by atoms with Crippen LogP contribution in [0.5, 0.6) is 5.75 Å². The molecule has 9 heteroatoms. The summed E-state index contributed by atoms with van der Waals surface area (Å²) in [5.41, 5.74) is 1.40. The number of piperidine rings is 1. The number of aromatic amines is 1. The minimum Gasteiger partial charge on any atom is -0.497 e. The Kier molecular flexibility index (Phi) is 5.54. The van der Waals surface area contributed by atoms with Crippen LogP contribution in [0.1, 0.15) is 23.8 Å². The molecule has 1 amide bonds. The number of aromatic nitrogens is 1. The maximum atomic E-state index is 13.1. The van der Waals surface area contributed by atoms with Crippen molar-refractivity contribution in [3.8, 4) is 5.75 Å². The highest BCUT2D eigenvalue weighted by Gasteiger charge is 2.41. The van der Waals surface area contributed by atoms with Crippen LogP contribution in [0.25, 0.3) is 10.9 Å². The molecule has 0 bridgehead atoms. The van der Waals surface area contributed by atoms with Crippen LogP contribution in [0, 0.1) is 5.92 Å². The van der Waals surface area contributed by atoms with E-state index in [2.05, 4.69) is 4.98 Å². The van der Waals surface area contributed by atoms with Crippen LogP contribution >= 0.6 is 0 Å². The molecule has 29 heavy (non-hydrogen) atoms. The number of hydrogen-bond acceptors (Lipinski definition) is 5. The van der Waals surface area contributed by atoms with Gasteiger partial charge in [0, 0.05) is 42.5 Å². The Bertz CT molecular complexity index is 1000. The predicted octanol–water partition coefficient (Wildman–Crippen LogP) is 1.69. The first-order chi connectivity index (χ1) is 13.9. The van der Waals surface area contributed by atoms with Gasteiger partial charge in [-0.2, -0.15) is 4.31 Å². The van der Waals surface area contributed by atoms with Crippen molar-refractivity contribution in [2.45, 2.75) is 19.4 Å². The van der Waals surface area contributed by atoms with Gasteiger partial charge in [-0.25, -0.2) is 8.42 Å². The molecule has 2 aliphatic heterocycles. The molecular weight excluding hydrogens is 394 g/mol. The Morgan fingerprint density at radius 1 is 1.31 bits per heavy atom. The van der Waals surface area contributed by atoms with Gasteiger partial charge in [0.1, 0.15) is 11.4 Å². The van der Waals surface area contributed by atoms with Crippen LogP contribution in [0.4, 0.5) is 0 Å². The highest BCUT2D eigenvalue weighted by Crippen LogP contribution is 2.29. The van der Waals surface area contributed by atoms with Crippen LogP contribution in [-0.4, -0.2) is 80.3 Å². The first kappa shape index (κ1) is 20.2. The SMILES string of the molecule is CCS(=O)(=O)N1CCOC[C@H]2CN(C(=O)c3cc4cc(OC)ccc4[nH]3)CC[C@H]21. The maximum Gasteiger partial charge on any atom is 0.270 e. The summed E-state index contributed by atoms with van der Waals surface area (Å²) in [6.45, 7) is 3.92. The van der Waals surface area contributed by atoms with Gasteiger partial charge in [0.25, 0.3) is 5.91 Å². The lowest BCUT2D eigenvalue weighted by Gasteiger charge is -2.41.